The molecule has 0 unspecified atom stereocenters. The number of para-hydroxylation sites is 6. The Kier molecular flexibility index (Phi) is 16.5. The van der Waals surface area contributed by atoms with E-state index in [-0.39, 0.29) is 115 Å². The van der Waals surface area contributed by atoms with Gasteiger partial charge in [-0.05, 0) is 173 Å². The molecule has 0 spiro atoms. The van der Waals surface area contributed by atoms with Crippen molar-refractivity contribution < 1.29 is 39.6 Å². The molecule has 0 aliphatic carbocycles. The van der Waals surface area contributed by atoms with Gasteiger partial charge in [-0.15, -0.1) is 0 Å². The zero-order valence-corrected chi connectivity index (χ0v) is 78.2. The van der Waals surface area contributed by atoms with E-state index >= 15 is 0 Å². The lowest BCUT2D eigenvalue weighted by atomic mass is 9.92. The van der Waals surface area contributed by atoms with Crippen molar-refractivity contribution in [2.45, 2.75) is 0 Å². The van der Waals surface area contributed by atoms with Crippen LogP contribution in [0.4, 0.5) is 0 Å². The first-order valence-electron chi connectivity index (χ1n) is 56.4. The summed E-state index contributed by atoms with van der Waals surface area (Å²) in [5, 5.41) is 20.3. The Bertz CT molecular complexity index is 12200. The molecule has 0 atom stereocenters. The van der Waals surface area contributed by atoms with E-state index in [4.69, 9.17) is 58.2 Å². The van der Waals surface area contributed by atoms with E-state index in [1.807, 2.05) is 200 Å². The fraction of sp³-hybridized carbons (Fsp3) is 0. The fourth-order valence-corrected chi connectivity index (χ4v) is 21.2. The minimum absolute atomic E-state index is 0.0351. The molecule has 0 fully saturated rings. The summed E-state index contributed by atoms with van der Waals surface area (Å²) in [6.07, 6.45) is 7.15. The number of pyridine rings is 8. The zero-order chi connectivity index (χ0) is 111. The summed E-state index contributed by atoms with van der Waals surface area (Å²) in [5.74, 6) is 0. The van der Waals surface area contributed by atoms with Gasteiger partial charge in [-0.2, -0.15) is 0 Å². The molecule has 32 rings (SSSR count). The van der Waals surface area contributed by atoms with E-state index in [1.54, 1.807) is 24.5 Å². The number of hydrogen-bond acceptors (Lipinski definition) is 12. The lowest BCUT2D eigenvalue weighted by Gasteiger charge is -2.13. The summed E-state index contributed by atoms with van der Waals surface area (Å²) in [6.45, 7) is 0. The molecule has 0 radical (unpaired) electrons. The Hall–Kier alpha value is -20.1. The van der Waals surface area contributed by atoms with Crippen LogP contribution in [0.25, 0.3) is 308 Å². The molecule has 0 saturated heterocycles. The van der Waals surface area contributed by atoms with Crippen molar-refractivity contribution in [1.29, 1.82) is 0 Å². The molecule has 12 heteroatoms. The van der Waals surface area contributed by atoms with Crippen LogP contribution in [0.1, 0.15) is 21.9 Å². The minimum Gasteiger partial charge on any atom is -0.456 e. The highest BCUT2D eigenvalue weighted by molar-refractivity contribution is 6.20. The molecule has 0 aliphatic heterocycles. The monoisotopic (exact) mass is 1900 g/mol. The first kappa shape index (κ1) is 69.7. The topological polar surface area (TPSA) is 156 Å². The van der Waals surface area contributed by atoms with Crippen molar-refractivity contribution >= 4 is 218 Å². The molecule has 20 aromatic carbocycles. The number of hydrogen-bond donors (Lipinski definition) is 0. The SMILES string of the molecule is [2H]c1c([2H])c([2H])c2c(oc3c(-c4ccc(-c5ccc6ccc7cccnc7c6n5)c5ccccc45)c([2H])c([2H])c([2H])c32)c1[2H].[2H]c1c([2H])c([2H])c2c(oc3c([2H])c([2H])c(-c4ccc(-c5ccc6ccc7cccnc7c6n5)c5ccccc45)c([2H])c32)c1[2H].[2H]c1ccc2oc3ccc(-c4ccc(-c5ccc6ccc7cccnc7c6n5)c5ccccc45)cc3c2c1.[2H]c1cccc2c1oc1c(-c3ccc(-c4ccc5ccc6cccnc6c5n4)c4ccccc34)cccc12. The first-order chi connectivity index (χ1) is 80.0. The second kappa shape index (κ2) is 35.0. The van der Waals surface area contributed by atoms with E-state index in [2.05, 4.69) is 184 Å². The predicted molar refractivity (Wildman–Crippen MR) is 611 cm³/mol. The van der Waals surface area contributed by atoms with Crippen molar-refractivity contribution in [3.05, 3.63) is 485 Å². The number of furan rings is 4. The molecular formula is C136H80N8O4. The number of aromatic nitrogens is 8. The van der Waals surface area contributed by atoms with Crippen LogP contribution in [0.2, 0.25) is 0 Å². The van der Waals surface area contributed by atoms with Gasteiger partial charge in [0.25, 0.3) is 0 Å². The molecule has 0 aliphatic rings. The Morgan fingerprint density at radius 1 is 0.162 bits per heavy atom. The normalized spacial score (nSPS) is 13.3. The molecule has 0 saturated carbocycles. The van der Waals surface area contributed by atoms with Crippen molar-refractivity contribution in [2.75, 3.05) is 0 Å². The molecule has 12 heterocycles. The summed E-state index contributed by atoms with van der Waals surface area (Å²) < 4.78 is 160. The average molecular weight is 1910 g/mol. The number of nitrogens with zero attached hydrogens (tertiary/aromatic N) is 8. The molecule has 0 N–H and O–H groups in total. The Morgan fingerprint density at radius 3 is 1.01 bits per heavy atom. The van der Waals surface area contributed by atoms with E-state index in [9.17, 15) is 1.37 Å². The average Bonchev–Trinajstić information content (AvgIpc) is 1.56. The van der Waals surface area contributed by atoms with Crippen LogP contribution in [0.5, 0.6) is 0 Å². The maximum atomic E-state index is 9.23. The van der Waals surface area contributed by atoms with Crippen LogP contribution < -0.4 is 0 Å². The summed E-state index contributed by atoms with van der Waals surface area (Å²) >= 11 is 0. The predicted octanol–water partition coefficient (Wildman–Crippen LogP) is 36.7. The molecule has 32 aromatic rings. The second-order valence-corrected chi connectivity index (χ2v) is 36.4. The highest BCUT2D eigenvalue weighted by Crippen LogP contribution is 2.48. The summed E-state index contributed by atoms with van der Waals surface area (Å²) in [5.41, 5.74) is 22.8. The molecule has 12 nitrogen and oxygen atoms in total. The highest BCUT2D eigenvalue weighted by atomic mass is 16.3. The first-order valence-corrected chi connectivity index (χ1v) is 48.4. The summed E-state index contributed by atoms with van der Waals surface area (Å²) in [4.78, 5) is 38.7. The lowest BCUT2D eigenvalue weighted by molar-refractivity contribution is 0.668. The molecule has 688 valence electrons. The Labute approximate surface area is 867 Å². The summed E-state index contributed by atoms with van der Waals surface area (Å²) in [6, 6.07) is 117. The maximum Gasteiger partial charge on any atom is 0.143 e. The van der Waals surface area contributed by atoms with Crippen molar-refractivity contribution in [3.8, 4) is 89.5 Å². The zero-order valence-electron chi connectivity index (χ0n) is 94.2. The highest BCUT2D eigenvalue weighted by Gasteiger charge is 2.24. The third kappa shape index (κ3) is 14.4. The minimum atomic E-state index is -0.460. The van der Waals surface area contributed by atoms with Gasteiger partial charge < -0.3 is 17.7 Å². The molecule has 0 bridgehead atoms. The molecule has 12 aromatic heterocycles. The van der Waals surface area contributed by atoms with Crippen LogP contribution in [0.3, 0.4) is 0 Å². The van der Waals surface area contributed by atoms with Crippen molar-refractivity contribution in [1.82, 2.24) is 39.9 Å². The van der Waals surface area contributed by atoms with Crippen LogP contribution in [-0.4, -0.2) is 39.9 Å². The van der Waals surface area contributed by atoms with Crippen molar-refractivity contribution in [3.63, 3.8) is 0 Å². The van der Waals surface area contributed by atoms with Gasteiger partial charge in [0, 0.05) is 144 Å². The quantitative estimate of drug-likeness (QED) is 0.133. The standard InChI is InChI=1S/4C34H20N2O/c2*1-2-9-24-23(8-1)25(28-11-5-12-29-27-10-3-4-13-31(27)37-34(28)29)17-18-26(24)30-19-16-22-15-14-21-7-6-20-35-32(21)33(22)36-30;2*1-2-8-26-25(7-1)24(23-14-18-32-29(20-23)28-9-3-4-10-31(28)37-32)15-16-27(26)30-17-13-22-12-11-21-6-5-19-35-33(21)34(22)36-30/h4*1-20H/i3D,4D,5D,10D,11D,12D,13D;13D;3D,4D,9D,10D,14D,18D,20D;3D. The summed E-state index contributed by atoms with van der Waals surface area (Å²) in [7, 11) is 0. The number of rotatable bonds is 8. The van der Waals surface area contributed by atoms with Crippen LogP contribution in [-0.2, 0) is 0 Å². The number of fused-ring (bicyclic) bond motifs is 28. The van der Waals surface area contributed by atoms with Gasteiger partial charge in [0.1, 0.15) is 44.7 Å². The van der Waals surface area contributed by atoms with Gasteiger partial charge in [0.2, 0.25) is 0 Å². The van der Waals surface area contributed by atoms with E-state index in [1.165, 1.54) is 0 Å². The van der Waals surface area contributed by atoms with Gasteiger partial charge >= 0.3 is 0 Å². The molecule has 0 amide bonds. The van der Waals surface area contributed by atoms with Gasteiger partial charge in [-0.1, -0.05) is 364 Å². The van der Waals surface area contributed by atoms with E-state index < -0.39 is 24.2 Å². The second-order valence-electron chi connectivity index (χ2n) is 36.4. The largest absolute Gasteiger partial charge is 0.456 e. The third-order valence-electron chi connectivity index (χ3n) is 28.1. The van der Waals surface area contributed by atoms with Gasteiger partial charge in [-0.3, -0.25) is 19.9 Å². The maximum absolute atomic E-state index is 9.23. The third-order valence-corrected chi connectivity index (χ3v) is 28.1. The smallest absolute Gasteiger partial charge is 0.143 e. The van der Waals surface area contributed by atoms with Crippen LogP contribution in [0.15, 0.2) is 503 Å². The fourth-order valence-electron chi connectivity index (χ4n) is 21.2. The Morgan fingerprint density at radius 2 is 0.514 bits per heavy atom. The lowest BCUT2D eigenvalue weighted by Crippen LogP contribution is -1.91. The van der Waals surface area contributed by atoms with Gasteiger partial charge in [0.15, 0.2) is 0 Å². The van der Waals surface area contributed by atoms with Gasteiger partial charge in [0.05, 0.1) is 88.8 Å². The molecular weight excluding hydrogens is 1810 g/mol. The molecule has 148 heavy (non-hydrogen) atoms. The van der Waals surface area contributed by atoms with E-state index in [0.717, 1.165) is 236 Å². The number of benzene rings is 20. The van der Waals surface area contributed by atoms with Crippen molar-refractivity contribution in [2.24, 2.45) is 0 Å². The van der Waals surface area contributed by atoms with Crippen LogP contribution in [0, 0.1) is 0 Å². The van der Waals surface area contributed by atoms with Gasteiger partial charge in [-0.25, -0.2) is 19.9 Å². The Balaban J connectivity index is 0.000000100. The van der Waals surface area contributed by atoms with E-state index in [0.29, 0.717) is 28.8 Å². The van der Waals surface area contributed by atoms with Crippen LogP contribution >= 0.6 is 0 Å².